The van der Waals surface area contributed by atoms with Crippen molar-refractivity contribution in [2.45, 2.75) is 5.92 Å². The molecule has 7 aromatic rings. The molecule has 7 nitrogen and oxygen atoms in total. The zero-order valence-electron chi connectivity index (χ0n) is 31.1. The van der Waals surface area contributed by atoms with Crippen molar-refractivity contribution in [2.24, 2.45) is 0 Å². The van der Waals surface area contributed by atoms with Gasteiger partial charge in [-0.05, 0) is 0 Å². The summed E-state index contributed by atoms with van der Waals surface area (Å²) < 4.78 is 30.5. The molecule has 0 fully saturated rings. The number of phenols is 2. The van der Waals surface area contributed by atoms with Gasteiger partial charge < -0.3 is 0 Å². The van der Waals surface area contributed by atoms with Crippen LogP contribution >= 0.6 is 6.83 Å². The minimum atomic E-state index is -4.24. The van der Waals surface area contributed by atoms with E-state index in [1.54, 1.807) is 52.7 Å². The summed E-state index contributed by atoms with van der Waals surface area (Å²) in [4.78, 5) is 0. The van der Waals surface area contributed by atoms with Crippen molar-refractivity contribution >= 4 is 28.0 Å². The van der Waals surface area contributed by atoms with Crippen LogP contribution in [0.2, 0.25) is 0 Å². The van der Waals surface area contributed by atoms with E-state index in [0.717, 1.165) is 60.9 Å². The van der Waals surface area contributed by atoms with Crippen LogP contribution in [0.4, 0.5) is 0 Å². The van der Waals surface area contributed by atoms with Crippen LogP contribution in [0.25, 0.3) is 0 Å². The first-order valence-electron chi connectivity index (χ1n) is 17.8. The van der Waals surface area contributed by atoms with E-state index in [2.05, 4.69) is 60.7 Å². The molecular formula is C47H43O7P. The summed E-state index contributed by atoms with van der Waals surface area (Å²) >= 11 is 0. The van der Waals surface area contributed by atoms with Crippen LogP contribution < -0.4 is 44.7 Å². The van der Waals surface area contributed by atoms with Gasteiger partial charge in [-0.3, -0.25) is 0 Å². The molecule has 8 heteroatoms. The Morgan fingerprint density at radius 2 is 0.564 bits per heavy atom. The van der Waals surface area contributed by atoms with E-state index in [1.807, 2.05) is 84.9 Å². The van der Waals surface area contributed by atoms with Gasteiger partial charge in [0, 0.05) is 0 Å². The fourth-order valence-electron chi connectivity index (χ4n) is 7.41. The van der Waals surface area contributed by atoms with Gasteiger partial charge in [-0.25, -0.2) is 0 Å². The van der Waals surface area contributed by atoms with Gasteiger partial charge in [0.2, 0.25) is 0 Å². The van der Waals surface area contributed by atoms with Crippen molar-refractivity contribution in [3.8, 4) is 40.2 Å². The Morgan fingerprint density at radius 1 is 0.327 bits per heavy atom. The van der Waals surface area contributed by atoms with Crippen LogP contribution in [0.3, 0.4) is 0 Å². The summed E-state index contributed by atoms with van der Waals surface area (Å²) in [6.07, 6.45) is 0. The third-order valence-corrected chi connectivity index (χ3v) is 15.9. The standard InChI is InChI=1S/C47H43O7P/c1-50-38-17-25-43(26-18-38)55(44-27-19-39(51-2)20-28-44,45-29-21-40(52-3)22-30-45,46-31-23-41(53-4)24-32-46)54-42-15-9-35(10-16-42)47(33-5-11-36(48)12-6-33)34-7-13-37(49)14-8-34/h5-32,47-49H,1-4H3. The molecule has 0 radical (unpaired) electrons. The monoisotopic (exact) mass is 750 g/mol. The molecule has 7 rings (SSSR count). The van der Waals surface area contributed by atoms with Crippen LogP contribution in [-0.2, 0) is 0 Å². The van der Waals surface area contributed by atoms with E-state index in [9.17, 15) is 10.2 Å². The normalized spacial score (nSPS) is 12.0. The fourth-order valence-corrected chi connectivity index (χ4v) is 13.0. The number of ether oxygens (including phenoxy) is 4. The summed E-state index contributed by atoms with van der Waals surface area (Å²) in [7, 11) is 6.64. The third kappa shape index (κ3) is 6.68. The zero-order valence-corrected chi connectivity index (χ0v) is 32.0. The summed E-state index contributed by atoms with van der Waals surface area (Å²) in [6, 6.07) is 55.2. The number of hydrogen-bond acceptors (Lipinski definition) is 7. The Balaban J connectivity index is 1.52. The van der Waals surface area contributed by atoms with Crippen LogP contribution in [0.15, 0.2) is 170 Å². The molecule has 0 aliphatic carbocycles. The van der Waals surface area contributed by atoms with Crippen molar-refractivity contribution in [1.29, 1.82) is 0 Å². The summed E-state index contributed by atoms with van der Waals surface area (Å²) in [6.45, 7) is -4.24. The van der Waals surface area contributed by atoms with Crippen molar-refractivity contribution in [3.05, 3.63) is 187 Å². The first-order valence-corrected chi connectivity index (χ1v) is 19.9. The van der Waals surface area contributed by atoms with E-state index in [-0.39, 0.29) is 17.4 Å². The fraction of sp³-hybridized carbons (Fsp3) is 0.106. The van der Waals surface area contributed by atoms with Crippen LogP contribution in [0, 0.1) is 0 Å². The topological polar surface area (TPSA) is 86.6 Å². The van der Waals surface area contributed by atoms with Gasteiger partial charge in [0.05, 0.1) is 0 Å². The molecule has 7 aromatic carbocycles. The molecule has 0 spiro atoms. The van der Waals surface area contributed by atoms with Gasteiger partial charge in [-0.2, -0.15) is 0 Å². The van der Waals surface area contributed by atoms with E-state index in [0.29, 0.717) is 5.75 Å². The van der Waals surface area contributed by atoms with Crippen LogP contribution in [-0.4, -0.2) is 38.7 Å². The Hall–Kier alpha value is -6.43. The average molecular weight is 751 g/mol. The Labute approximate surface area is 322 Å². The maximum atomic E-state index is 10.1. The number of phenolic OH excluding ortho intramolecular Hbond substituents is 2. The molecule has 0 amide bonds. The molecule has 0 bridgehead atoms. The molecule has 0 aliphatic rings. The molecule has 0 saturated carbocycles. The van der Waals surface area contributed by atoms with Gasteiger partial charge in [-0.1, -0.05) is 0 Å². The van der Waals surface area contributed by atoms with Crippen molar-refractivity contribution in [3.63, 3.8) is 0 Å². The quantitative estimate of drug-likeness (QED) is 0.0904. The molecule has 0 atom stereocenters. The molecule has 0 unspecified atom stereocenters. The average Bonchev–Trinajstić information content (AvgIpc) is 3.25. The molecule has 2 N–H and O–H groups in total. The van der Waals surface area contributed by atoms with Crippen LogP contribution in [0.1, 0.15) is 22.6 Å². The van der Waals surface area contributed by atoms with Gasteiger partial charge in [-0.15, -0.1) is 0 Å². The second-order valence-corrected chi connectivity index (χ2v) is 17.4. The van der Waals surface area contributed by atoms with E-state index in [1.165, 1.54) is 0 Å². The number of aromatic hydroxyl groups is 2. The van der Waals surface area contributed by atoms with Gasteiger partial charge in [0.1, 0.15) is 0 Å². The second-order valence-electron chi connectivity index (χ2n) is 13.1. The Morgan fingerprint density at radius 3 is 0.818 bits per heavy atom. The molecule has 0 aliphatic heterocycles. The minimum absolute atomic E-state index is 0.183. The molecule has 0 saturated heterocycles. The molecule has 0 aromatic heterocycles. The second kappa shape index (κ2) is 15.5. The Bertz CT molecular complexity index is 2080. The Kier molecular flexibility index (Phi) is 10.4. The zero-order chi connectivity index (χ0) is 38.4. The van der Waals surface area contributed by atoms with E-state index in [4.69, 9.17) is 23.5 Å². The predicted octanol–water partition coefficient (Wildman–Crippen LogP) is 8.46. The number of benzene rings is 7. The van der Waals surface area contributed by atoms with E-state index >= 15 is 0 Å². The third-order valence-electron chi connectivity index (χ3n) is 10.2. The van der Waals surface area contributed by atoms with Crippen molar-refractivity contribution < 1.29 is 33.7 Å². The number of methoxy groups -OCH3 is 4. The summed E-state index contributed by atoms with van der Waals surface area (Å²) in [5.41, 5.74) is 2.99. The molecular weight excluding hydrogens is 707 g/mol. The van der Waals surface area contributed by atoms with Crippen molar-refractivity contribution in [2.75, 3.05) is 28.4 Å². The molecule has 55 heavy (non-hydrogen) atoms. The number of hydrogen-bond donors (Lipinski definition) is 2. The molecule has 278 valence electrons. The number of rotatable bonds is 13. The SMILES string of the molecule is COc1ccc(P(Oc2ccc(C(c3ccc(O)cc3)c3ccc(O)cc3)cc2)(c2ccc(OC)cc2)(c2ccc(OC)cc2)c2ccc(OC)cc2)cc1. The summed E-state index contributed by atoms with van der Waals surface area (Å²) in [5, 5.41) is 24.0. The molecule has 0 heterocycles. The van der Waals surface area contributed by atoms with Gasteiger partial charge >= 0.3 is 323 Å². The van der Waals surface area contributed by atoms with Gasteiger partial charge in [0.25, 0.3) is 0 Å². The van der Waals surface area contributed by atoms with Gasteiger partial charge in [0.15, 0.2) is 0 Å². The van der Waals surface area contributed by atoms with Crippen LogP contribution in [0.5, 0.6) is 40.2 Å². The van der Waals surface area contributed by atoms with E-state index < -0.39 is 6.83 Å². The predicted molar refractivity (Wildman–Crippen MR) is 222 cm³/mol. The maximum absolute atomic E-state index is 10.1. The summed E-state index contributed by atoms with van der Waals surface area (Å²) in [5.74, 6) is 3.73. The first-order chi connectivity index (χ1) is 26.8. The first kappa shape index (κ1) is 36.9. The van der Waals surface area contributed by atoms with Crippen molar-refractivity contribution in [1.82, 2.24) is 0 Å².